The molecule has 0 saturated carbocycles. The van der Waals surface area contributed by atoms with Crippen molar-refractivity contribution in [2.45, 2.75) is 11.8 Å². The molecule has 0 N–H and O–H groups in total. The van der Waals surface area contributed by atoms with Gasteiger partial charge in [0, 0.05) is 5.56 Å². The van der Waals surface area contributed by atoms with Crippen molar-refractivity contribution in [3.63, 3.8) is 0 Å². The minimum absolute atomic E-state index is 0.273. The molecule has 0 spiro atoms. The van der Waals surface area contributed by atoms with Gasteiger partial charge in [0.1, 0.15) is 4.90 Å². The van der Waals surface area contributed by atoms with Crippen molar-refractivity contribution in [3.05, 3.63) is 33.9 Å². The van der Waals surface area contributed by atoms with Crippen LogP contribution in [0.3, 0.4) is 0 Å². The van der Waals surface area contributed by atoms with E-state index in [9.17, 15) is 18.9 Å². The Morgan fingerprint density at radius 1 is 1.46 bits per heavy atom. The van der Waals surface area contributed by atoms with Crippen molar-refractivity contribution in [2.75, 3.05) is 0 Å². The fourth-order valence-corrected chi connectivity index (χ4v) is 1.58. The zero-order valence-corrected chi connectivity index (χ0v) is 7.54. The van der Waals surface area contributed by atoms with Crippen molar-refractivity contribution >= 4 is 16.8 Å². The maximum Gasteiger partial charge on any atom is 0.287 e. The number of benzene rings is 1. The summed E-state index contributed by atoms with van der Waals surface area (Å²) in [6.07, 6.45) is 0. The quantitative estimate of drug-likeness (QED) is 0.407. The van der Waals surface area contributed by atoms with Gasteiger partial charge in [0.25, 0.3) is 5.69 Å². The van der Waals surface area contributed by atoms with Crippen LogP contribution in [0.5, 0.6) is 0 Å². The Labute approximate surface area is 76.8 Å². The first-order chi connectivity index (χ1) is 6.04. The van der Waals surface area contributed by atoms with E-state index in [-0.39, 0.29) is 10.6 Å². The summed E-state index contributed by atoms with van der Waals surface area (Å²) < 4.78 is 21.1. The number of rotatable bonds is 2. The number of nitrogens with zero attached hydrogens (tertiary/aromatic N) is 1. The molecule has 0 aromatic heterocycles. The van der Waals surface area contributed by atoms with Crippen LogP contribution in [0.25, 0.3) is 0 Å². The summed E-state index contributed by atoms with van der Waals surface area (Å²) in [7, 11) is 0. The molecule has 0 aliphatic carbocycles. The van der Waals surface area contributed by atoms with Crippen molar-refractivity contribution in [2.24, 2.45) is 0 Å². The van der Waals surface area contributed by atoms with E-state index in [1.807, 2.05) is 0 Å². The number of nitro benzene ring substituents is 1. The minimum Gasteiger partial charge on any atom is -0.768 e. The fraction of sp³-hybridized carbons (Fsp3) is 0.143. The molecule has 0 aliphatic rings. The topological polar surface area (TPSA) is 83.3 Å². The summed E-state index contributed by atoms with van der Waals surface area (Å²) in [4.78, 5) is 9.51. The summed E-state index contributed by atoms with van der Waals surface area (Å²) in [5.74, 6) is 0. The van der Waals surface area contributed by atoms with E-state index in [2.05, 4.69) is 0 Å². The highest BCUT2D eigenvalue weighted by atomic mass is 32.2. The van der Waals surface area contributed by atoms with Crippen LogP contribution in [0.1, 0.15) is 5.56 Å². The lowest BCUT2D eigenvalue weighted by Gasteiger charge is -2.06. The molecule has 1 rings (SSSR count). The molecule has 0 radical (unpaired) electrons. The second-order valence-electron chi connectivity index (χ2n) is 2.41. The van der Waals surface area contributed by atoms with E-state index >= 15 is 0 Å². The third kappa shape index (κ3) is 1.90. The maximum absolute atomic E-state index is 10.6. The molecule has 6 heteroatoms. The smallest absolute Gasteiger partial charge is 0.287 e. The van der Waals surface area contributed by atoms with Crippen molar-refractivity contribution in [3.8, 4) is 0 Å². The molecule has 0 heterocycles. The second kappa shape index (κ2) is 3.63. The minimum atomic E-state index is -2.56. The van der Waals surface area contributed by atoms with E-state index in [1.165, 1.54) is 25.1 Å². The number of para-hydroxylation sites is 1. The van der Waals surface area contributed by atoms with Gasteiger partial charge in [-0.25, -0.2) is 0 Å². The Morgan fingerprint density at radius 3 is 2.46 bits per heavy atom. The van der Waals surface area contributed by atoms with Gasteiger partial charge in [0.15, 0.2) is 0 Å². The molecule has 1 atom stereocenters. The van der Waals surface area contributed by atoms with Gasteiger partial charge in [-0.3, -0.25) is 14.3 Å². The summed E-state index contributed by atoms with van der Waals surface area (Å²) in [6.45, 7) is 1.49. The molecule has 13 heavy (non-hydrogen) atoms. The van der Waals surface area contributed by atoms with Gasteiger partial charge in [-0.15, -0.1) is 0 Å². The van der Waals surface area contributed by atoms with Gasteiger partial charge in [-0.05, 0) is 24.1 Å². The summed E-state index contributed by atoms with van der Waals surface area (Å²) in [6, 6.07) is 4.16. The molecule has 5 nitrogen and oxygen atoms in total. The highest BCUT2D eigenvalue weighted by Crippen LogP contribution is 2.24. The third-order valence-electron chi connectivity index (χ3n) is 1.56. The summed E-state index contributed by atoms with van der Waals surface area (Å²) in [5, 5.41) is 10.5. The molecule has 1 aromatic rings. The van der Waals surface area contributed by atoms with Crippen molar-refractivity contribution in [1.29, 1.82) is 0 Å². The van der Waals surface area contributed by atoms with Gasteiger partial charge < -0.3 is 4.55 Å². The van der Waals surface area contributed by atoms with Crippen LogP contribution in [0.2, 0.25) is 0 Å². The van der Waals surface area contributed by atoms with Crippen LogP contribution >= 0.6 is 0 Å². The molecular formula is C7H6NO4S-. The van der Waals surface area contributed by atoms with Crippen LogP contribution in [-0.2, 0) is 11.1 Å². The molecule has 0 saturated heterocycles. The molecule has 70 valence electrons. The van der Waals surface area contributed by atoms with Gasteiger partial charge in [0.2, 0.25) is 0 Å². The molecular weight excluding hydrogens is 194 g/mol. The van der Waals surface area contributed by atoms with Crippen LogP contribution in [0.4, 0.5) is 5.69 Å². The zero-order chi connectivity index (χ0) is 10.0. The Balaban J connectivity index is 3.43. The number of aryl methyl sites for hydroxylation is 1. The average Bonchev–Trinajstić information content (AvgIpc) is 2.02. The predicted molar refractivity (Wildman–Crippen MR) is 45.0 cm³/mol. The van der Waals surface area contributed by atoms with Gasteiger partial charge in [-0.2, -0.15) is 0 Å². The first-order valence-corrected chi connectivity index (χ1v) is 4.45. The van der Waals surface area contributed by atoms with Gasteiger partial charge in [0.05, 0.1) is 4.92 Å². The lowest BCUT2D eigenvalue weighted by atomic mass is 10.2. The maximum atomic E-state index is 10.6. The normalized spacial score (nSPS) is 12.5. The molecule has 0 bridgehead atoms. The molecule has 1 aromatic carbocycles. The molecule has 0 fully saturated rings. The lowest BCUT2D eigenvalue weighted by molar-refractivity contribution is -0.388. The fourth-order valence-electron chi connectivity index (χ4n) is 1.00. The monoisotopic (exact) mass is 200 g/mol. The van der Waals surface area contributed by atoms with E-state index in [1.54, 1.807) is 0 Å². The van der Waals surface area contributed by atoms with E-state index in [4.69, 9.17) is 0 Å². The molecule has 0 aliphatic heterocycles. The van der Waals surface area contributed by atoms with Crippen LogP contribution in [0.15, 0.2) is 23.1 Å². The largest absolute Gasteiger partial charge is 0.768 e. The predicted octanol–water partition coefficient (Wildman–Crippen LogP) is 1.14. The SMILES string of the molecule is Cc1cccc(S(=O)[O-])c1[N+](=O)[O-]. The Bertz CT molecular complexity index is 377. The van der Waals surface area contributed by atoms with Crippen molar-refractivity contribution in [1.82, 2.24) is 0 Å². The van der Waals surface area contributed by atoms with E-state index in [0.717, 1.165) is 0 Å². The van der Waals surface area contributed by atoms with E-state index in [0.29, 0.717) is 5.56 Å². The van der Waals surface area contributed by atoms with Gasteiger partial charge in [-0.1, -0.05) is 12.1 Å². The first-order valence-electron chi connectivity index (χ1n) is 3.37. The molecule has 0 amide bonds. The van der Waals surface area contributed by atoms with Crippen LogP contribution in [-0.4, -0.2) is 13.7 Å². The number of nitro groups is 1. The van der Waals surface area contributed by atoms with Gasteiger partial charge >= 0.3 is 0 Å². The second-order valence-corrected chi connectivity index (χ2v) is 3.32. The Hall–Kier alpha value is -1.27. The Morgan fingerprint density at radius 2 is 2.08 bits per heavy atom. The summed E-state index contributed by atoms with van der Waals surface area (Å²) >= 11 is -2.56. The molecule has 1 unspecified atom stereocenters. The third-order valence-corrected chi connectivity index (χ3v) is 2.25. The van der Waals surface area contributed by atoms with Crippen LogP contribution in [0, 0.1) is 17.0 Å². The zero-order valence-electron chi connectivity index (χ0n) is 6.72. The standard InChI is InChI=1S/C7H7NO4S/c1-5-3-2-4-6(13(11)12)7(5)8(9)10/h2-4H,1H3,(H,11,12)/p-1. The lowest BCUT2D eigenvalue weighted by Crippen LogP contribution is -1.99. The first kappa shape index (κ1) is 9.82. The highest BCUT2D eigenvalue weighted by molar-refractivity contribution is 7.79. The average molecular weight is 200 g/mol. The Kier molecular flexibility index (Phi) is 2.74. The number of hydrogen-bond acceptors (Lipinski definition) is 4. The number of hydrogen-bond donors (Lipinski definition) is 0. The van der Waals surface area contributed by atoms with Crippen LogP contribution < -0.4 is 0 Å². The van der Waals surface area contributed by atoms with E-state index < -0.39 is 16.0 Å². The summed E-state index contributed by atoms with van der Waals surface area (Å²) in [5.41, 5.74) is -0.0115. The highest BCUT2D eigenvalue weighted by Gasteiger charge is 2.16. The van der Waals surface area contributed by atoms with Crippen molar-refractivity contribution < 1.29 is 13.7 Å².